The molecule has 0 fully saturated rings. The Kier molecular flexibility index (Phi) is 6.31. The number of nitrogens with one attached hydrogen (secondary N) is 2. The van der Waals surface area contributed by atoms with E-state index in [2.05, 4.69) is 10.6 Å². The molecule has 0 saturated heterocycles. The number of carbonyl (C=O) groups is 2. The Labute approximate surface area is 184 Å². The lowest BCUT2D eigenvalue weighted by Crippen LogP contribution is -2.17. The summed E-state index contributed by atoms with van der Waals surface area (Å²) in [4.78, 5) is 26.1. The van der Waals surface area contributed by atoms with Crippen LogP contribution in [-0.2, 0) is 16.2 Å². The zero-order valence-corrected chi connectivity index (χ0v) is 17.4. The summed E-state index contributed by atoms with van der Waals surface area (Å²) < 4.78 is 0. The molecule has 5 nitrogen and oxygen atoms in total. The predicted octanol–water partition coefficient (Wildman–Crippen LogP) is 4.92. The number of aliphatic hydroxyl groups excluding tert-OH is 1. The zero-order chi connectivity index (χ0) is 21.6. The molecule has 6 heteroatoms. The summed E-state index contributed by atoms with van der Waals surface area (Å²) in [6.07, 6.45) is 5.03. The highest BCUT2D eigenvalue weighted by Gasteiger charge is 2.20. The number of fused-ring (bicyclic) bond motifs is 1. The minimum atomic E-state index is -0.254. The molecule has 0 radical (unpaired) electrons. The molecular weight excluding hydrogens is 408 g/mol. The molecule has 0 spiro atoms. The van der Waals surface area contributed by atoms with Crippen LogP contribution in [0.3, 0.4) is 0 Å². The van der Waals surface area contributed by atoms with Gasteiger partial charge in [0.25, 0.3) is 5.91 Å². The average molecular weight is 429 g/mol. The van der Waals surface area contributed by atoms with E-state index < -0.39 is 0 Å². The Hall–Kier alpha value is -3.61. The number of aliphatic hydroxyl groups is 1. The summed E-state index contributed by atoms with van der Waals surface area (Å²) >= 11 is 1.45. The summed E-state index contributed by atoms with van der Waals surface area (Å²) in [6.45, 7) is -0.0747. The molecule has 0 bridgehead atoms. The Morgan fingerprint density at radius 2 is 1.77 bits per heavy atom. The minimum Gasteiger partial charge on any atom is -0.392 e. The second-order valence-electron chi connectivity index (χ2n) is 6.91. The van der Waals surface area contributed by atoms with E-state index in [0.717, 1.165) is 27.3 Å². The number of para-hydroxylation sites is 1. The fourth-order valence-electron chi connectivity index (χ4n) is 3.06. The third kappa shape index (κ3) is 5.31. The number of benzene rings is 3. The van der Waals surface area contributed by atoms with Crippen molar-refractivity contribution in [2.75, 3.05) is 10.6 Å². The number of anilines is 2. The molecule has 3 N–H and O–H groups in total. The van der Waals surface area contributed by atoms with E-state index in [4.69, 9.17) is 0 Å². The highest BCUT2D eigenvalue weighted by atomic mass is 32.2. The zero-order valence-electron chi connectivity index (χ0n) is 16.5. The molecule has 0 atom stereocenters. The van der Waals surface area contributed by atoms with Crippen molar-refractivity contribution >= 4 is 47.1 Å². The molecule has 1 heterocycles. The van der Waals surface area contributed by atoms with Gasteiger partial charge in [-0.25, -0.2) is 0 Å². The maximum Gasteiger partial charge on any atom is 0.262 e. The molecule has 1 aliphatic heterocycles. The number of carbonyl (C=O) groups excluding carboxylic acids is 2. The van der Waals surface area contributed by atoms with E-state index >= 15 is 0 Å². The first-order valence-electron chi connectivity index (χ1n) is 9.69. The van der Waals surface area contributed by atoms with Gasteiger partial charge in [0.1, 0.15) is 0 Å². The maximum atomic E-state index is 12.3. The molecule has 154 valence electrons. The van der Waals surface area contributed by atoms with E-state index in [1.165, 1.54) is 17.8 Å². The van der Waals surface area contributed by atoms with Crippen LogP contribution in [0.1, 0.15) is 16.7 Å². The first-order valence-corrected chi connectivity index (χ1v) is 10.5. The molecule has 0 aromatic heterocycles. The summed E-state index contributed by atoms with van der Waals surface area (Å²) in [5, 5.41) is 14.9. The van der Waals surface area contributed by atoms with Gasteiger partial charge in [-0.05, 0) is 53.1 Å². The molecule has 3 aromatic carbocycles. The number of thioether (sulfide) groups is 1. The second kappa shape index (κ2) is 9.47. The second-order valence-corrected chi connectivity index (χ2v) is 7.99. The van der Waals surface area contributed by atoms with Gasteiger partial charge < -0.3 is 15.7 Å². The first-order chi connectivity index (χ1) is 15.1. The van der Waals surface area contributed by atoms with Crippen molar-refractivity contribution in [2.45, 2.75) is 11.5 Å². The van der Waals surface area contributed by atoms with Gasteiger partial charge in [0, 0.05) is 16.7 Å². The van der Waals surface area contributed by atoms with Gasteiger partial charge in [0.15, 0.2) is 0 Å². The molecule has 0 unspecified atom stereocenters. The van der Waals surface area contributed by atoms with E-state index in [0.29, 0.717) is 10.6 Å². The predicted molar refractivity (Wildman–Crippen MR) is 125 cm³/mol. The third-order valence-electron chi connectivity index (χ3n) is 4.62. The van der Waals surface area contributed by atoms with Gasteiger partial charge in [0.2, 0.25) is 5.91 Å². The standard InChI is InChI=1S/C25H20N2O3S/c28-16-19-4-3-5-20(14-19)26-24(29)13-12-17-8-10-18(11-9-17)15-23-25(30)27-21-6-1-2-7-22(21)31-23/h1-15,28H,16H2,(H,26,29)(H,27,30)/b13-12+,23-15-. The average Bonchev–Trinajstić information content (AvgIpc) is 2.79. The van der Waals surface area contributed by atoms with Crippen LogP contribution in [0.2, 0.25) is 0 Å². The van der Waals surface area contributed by atoms with Gasteiger partial charge in [-0.15, -0.1) is 0 Å². The Morgan fingerprint density at radius 3 is 2.58 bits per heavy atom. The van der Waals surface area contributed by atoms with E-state index in [1.54, 1.807) is 30.3 Å². The summed E-state index contributed by atoms with van der Waals surface area (Å²) in [5.74, 6) is -0.371. The normalized spacial score (nSPS) is 14.4. The van der Waals surface area contributed by atoms with Crippen LogP contribution < -0.4 is 10.6 Å². The van der Waals surface area contributed by atoms with Gasteiger partial charge >= 0.3 is 0 Å². The number of hydrogen-bond donors (Lipinski definition) is 3. The fourth-order valence-corrected chi connectivity index (χ4v) is 4.01. The highest BCUT2D eigenvalue weighted by molar-refractivity contribution is 8.04. The number of hydrogen-bond acceptors (Lipinski definition) is 4. The molecule has 31 heavy (non-hydrogen) atoms. The quantitative estimate of drug-likeness (QED) is 0.504. The van der Waals surface area contributed by atoms with Gasteiger partial charge in [0.05, 0.1) is 17.2 Å². The molecule has 4 rings (SSSR count). The van der Waals surface area contributed by atoms with Gasteiger partial charge in [-0.1, -0.05) is 60.3 Å². The number of amides is 2. The Bertz CT molecular complexity index is 1180. The fraction of sp³-hybridized carbons (Fsp3) is 0.0400. The summed E-state index contributed by atoms with van der Waals surface area (Å²) in [6, 6.07) is 22.4. The van der Waals surface area contributed by atoms with Crippen molar-refractivity contribution in [3.63, 3.8) is 0 Å². The van der Waals surface area contributed by atoms with Crippen LogP contribution in [0.5, 0.6) is 0 Å². The third-order valence-corrected chi connectivity index (χ3v) is 5.72. The SMILES string of the molecule is O=C(/C=C/c1ccc(/C=C2\Sc3ccccc3NC2=O)cc1)Nc1cccc(CO)c1. The molecule has 0 aliphatic carbocycles. The molecular formula is C25H20N2O3S. The van der Waals surface area contributed by atoms with Crippen molar-refractivity contribution in [2.24, 2.45) is 0 Å². The lowest BCUT2D eigenvalue weighted by Gasteiger charge is -2.18. The first kappa shape index (κ1) is 20.7. The van der Waals surface area contributed by atoms with Crippen LogP contribution in [-0.4, -0.2) is 16.9 Å². The number of rotatable bonds is 5. The topological polar surface area (TPSA) is 78.4 Å². The monoisotopic (exact) mass is 428 g/mol. The lowest BCUT2D eigenvalue weighted by molar-refractivity contribution is -0.112. The summed E-state index contributed by atoms with van der Waals surface area (Å²) in [5.41, 5.74) is 3.97. The van der Waals surface area contributed by atoms with E-state index in [-0.39, 0.29) is 18.4 Å². The van der Waals surface area contributed by atoms with Crippen LogP contribution in [0.15, 0.2) is 88.7 Å². The van der Waals surface area contributed by atoms with Crippen LogP contribution >= 0.6 is 11.8 Å². The van der Waals surface area contributed by atoms with E-state index in [9.17, 15) is 14.7 Å². The van der Waals surface area contributed by atoms with Crippen LogP contribution in [0, 0.1) is 0 Å². The molecule has 2 amide bonds. The highest BCUT2D eigenvalue weighted by Crippen LogP contribution is 2.38. The van der Waals surface area contributed by atoms with Crippen molar-refractivity contribution < 1.29 is 14.7 Å². The Balaban J connectivity index is 1.40. The molecule has 3 aromatic rings. The van der Waals surface area contributed by atoms with Crippen molar-refractivity contribution in [3.8, 4) is 0 Å². The maximum absolute atomic E-state index is 12.3. The van der Waals surface area contributed by atoms with Gasteiger partial charge in [-0.3, -0.25) is 9.59 Å². The van der Waals surface area contributed by atoms with Crippen LogP contribution in [0.25, 0.3) is 12.2 Å². The Morgan fingerprint density at radius 1 is 1.00 bits per heavy atom. The lowest BCUT2D eigenvalue weighted by atomic mass is 10.1. The van der Waals surface area contributed by atoms with Crippen molar-refractivity contribution in [1.29, 1.82) is 0 Å². The largest absolute Gasteiger partial charge is 0.392 e. The smallest absolute Gasteiger partial charge is 0.262 e. The van der Waals surface area contributed by atoms with E-state index in [1.807, 2.05) is 54.6 Å². The van der Waals surface area contributed by atoms with Crippen molar-refractivity contribution in [3.05, 3.63) is 100 Å². The molecule has 1 aliphatic rings. The van der Waals surface area contributed by atoms with Crippen LogP contribution in [0.4, 0.5) is 11.4 Å². The summed E-state index contributed by atoms with van der Waals surface area (Å²) in [7, 11) is 0. The van der Waals surface area contributed by atoms with Gasteiger partial charge in [-0.2, -0.15) is 0 Å². The minimum absolute atomic E-state index is 0.0747. The molecule has 0 saturated carbocycles. The van der Waals surface area contributed by atoms with Crippen molar-refractivity contribution in [1.82, 2.24) is 0 Å².